The molecule has 0 saturated carbocycles. The molecule has 0 amide bonds. The van der Waals surface area contributed by atoms with Crippen molar-refractivity contribution in [2.45, 2.75) is 142 Å². The molecule has 235 valence electrons. The van der Waals surface area contributed by atoms with Crippen molar-refractivity contribution in [2.24, 2.45) is 0 Å². The summed E-state index contributed by atoms with van der Waals surface area (Å²) >= 11 is -2.05. The second-order valence-electron chi connectivity index (χ2n) is 11.8. The van der Waals surface area contributed by atoms with Crippen molar-refractivity contribution >= 4 is 15.1 Å². The molecule has 1 heterocycles. The van der Waals surface area contributed by atoms with Gasteiger partial charge in [0.15, 0.2) is 0 Å². The van der Waals surface area contributed by atoms with Gasteiger partial charge in [0.05, 0.1) is 13.2 Å². The molecule has 1 radical (unpaired) electrons. The van der Waals surface area contributed by atoms with Crippen molar-refractivity contribution < 1.29 is 39.7 Å². The third-order valence-corrected chi connectivity index (χ3v) is 9.88. The zero-order chi connectivity index (χ0) is 29.5. The van der Waals surface area contributed by atoms with E-state index in [-0.39, 0.29) is 37.2 Å². The summed E-state index contributed by atoms with van der Waals surface area (Å²) in [7, 11) is 0. The van der Waals surface area contributed by atoms with Gasteiger partial charge in [-0.05, 0) is 55.8 Å². The van der Waals surface area contributed by atoms with Crippen LogP contribution in [0.2, 0.25) is 0 Å². The maximum atomic E-state index is 6.47. The van der Waals surface area contributed by atoms with Crippen molar-refractivity contribution in [1.29, 1.82) is 0 Å². The van der Waals surface area contributed by atoms with E-state index in [0.717, 1.165) is 64.8 Å². The van der Waals surface area contributed by atoms with Crippen LogP contribution >= 0.6 is 0 Å². The minimum Gasteiger partial charge on any atom is -0.632 e. The number of hydrogen-bond donors (Lipinski definition) is 0. The van der Waals surface area contributed by atoms with E-state index in [0.29, 0.717) is 6.61 Å². The summed E-state index contributed by atoms with van der Waals surface area (Å²) < 4.78 is 31.0. The Morgan fingerprint density at radius 3 is 1.51 bits per heavy atom. The molecule has 0 aromatic heterocycles. The predicted molar refractivity (Wildman–Crippen MR) is 173 cm³/mol. The van der Waals surface area contributed by atoms with Gasteiger partial charge < -0.3 is 20.8 Å². The van der Waals surface area contributed by atoms with Crippen LogP contribution in [-0.2, 0) is 34.1 Å². The molecule has 1 aliphatic heterocycles. The maximum absolute atomic E-state index is 6.47. The van der Waals surface area contributed by atoms with E-state index in [1.165, 1.54) is 62.5 Å². The predicted octanol–water partition coefficient (Wildman–Crippen LogP) is 6.47. The van der Waals surface area contributed by atoms with E-state index in [4.69, 9.17) is 20.8 Å². The van der Waals surface area contributed by atoms with Crippen molar-refractivity contribution in [3.8, 4) is 0 Å². The van der Waals surface area contributed by atoms with Crippen LogP contribution < -0.4 is 18.9 Å². The molecular weight excluding hydrogens is 546 g/mol. The summed E-state index contributed by atoms with van der Waals surface area (Å²) in [6, 6.07) is 20.9. The first-order chi connectivity index (χ1) is 20.8. The first kappa shape index (κ1) is 38.6. The summed E-state index contributed by atoms with van der Waals surface area (Å²) in [5.74, 6) is 0. The summed E-state index contributed by atoms with van der Waals surface area (Å²) in [6.45, 7) is 7.55. The van der Waals surface area contributed by atoms with E-state index < -0.39 is 15.1 Å². The van der Waals surface area contributed by atoms with Gasteiger partial charge in [-0.15, -0.1) is 0 Å². The molecule has 0 spiro atoms. The molecule has 1 fully saturated rings. The van der Waals surface area contributed by atoms with Gasteiger partial charge in [0, 0.05) is 25.4 Å². The van der Waals surface area contributed by atoms with Crippen LogP contribution in [0.5, 0.6) is 0 Å². The van der Waals surface area contributed by atoms with Crippen LogP contribution in [0.25, 0.3) is 0 Å². The fourth-order valence-electron chi connectivity index (χ4n) is 5.60. The monoisotopic (exact) mass is 603 g/mol. The van der Waals surface area contributed by atoms with E-state index in [9.17, 15) is 0 Å². The van der Waals surface area contributed by atoms with Gasteiger partial charge in [-0.2, -0.15) is 0 Å². The minimum atomic E-state index is -2.05. The normalized spacial score (nSPS) is 17.6. The Balaban J connectivity index is 0.00000645. The summed E-state index contributed by atoms with van der Waals surface area (Å²) in [4.78, 5) is 0. The van der Waals surface area contributed by atoms with E-state index in [2.05, 4.69) is 62.4 Å². The average molecular weight is 604 g/mol. The largest absolute Gasteiger partial charge is 1.00 e. The fraction of sp³-hybridized carbons (Fsp3) is 0.667. The molecule has 43 heavy (non-hydrogen) atoms. The van der Waals surface area contributed by atoms with Crippen LogP contribution in [0.4, 0.5) is 0 Å². The standard InChI is InChI=1S/C30H44O4.C6H13O.Al.Li/c31-29(21-13-3-1-2-5-15-23-33-25-27-17-9-7-10-18-27)30(32)22-14-4-6-16-24-34-26-28-19-11-8-12-20-28;1-3-5-6(7)4-2;;/h7-12,17-20,29-30H,1-6,13-16,21-26H2;6H,3-5H2,1-2H3;;/q-2;-1;+2;+1/t29-,30+;;;/m0.../s1. The second kappa shape index (κ2) is 25.5. The number of ether oxygens (including phenoxy) is 2. The Kier molecular flexibility index (Phi) is 22.9. The Bertz CT molecular complexity index is 890. The first-order valence-corrected chi connectivity index (χ1v) is 18.4. The van der Waals surface area contributed by atoms with Crippen LogP contribution in [-0.4, -0.2) is 46.7 Å². The van der Waals surface area contributed by atoms with Crippen LogP contribution in [0.15, 0.2) is 60.7 Å². The molecule has 1 unspecified atom stereocenters. The van der Waals surface area contributed by atoms with Crippen LogP contribution in [0, 0.1) is 0 Å². The fourth-order valence-corrected chi connectivity index (χ4v) is 7.63. The Morgan fingerprint density at radius 1 is 0.628 bits per heavy atom. The number of hydrogen-bond acceptors (Lipinski definition) is 5. The van der Waals surface area contributed by atoms with Gasteiger partial charge >= 0.3 is 34.0 Å². The van der Waals surface area contributed by atoms with E-state index in [1.807, 2.05) is 12.1 Å². The number of unbranched alkanes of at least 4 members (excludes halogenated alkanes) is 8. The van der Waals surface area contributed by atoms with Gasteiger partial charge in [0.2, 0.25) is 0 Å². The number of rotatable bonds is 25. The van der Waals surface area contributed by atoms with Crippen molar-refractivity contribution in [3.05, 3.63) is 71.8 Å². The molecule has 0 aliphatic carbocycles. The number of benzene rings is 2. The van der Waals surface area contributed by atoms with Gasteiger partial charge in [-0.3, -0.25) is 0 Å². The SMILES string of the molecule is CCCC(CC)[O][Al-]1[O][C@@H](CCCCCCCCOCc2ccccc2)[C@@H](CCCCCCOCc2ccccc2)[O]1.[Li+]. The van der Waals surface area contributed by atoms with Gasteiger partial charge in [-0.25, -0.2) is 0 Å². The van der Waals surface area contributed by atoms with Crippen LogP contribution in [0.3, 0.4) is 0 Å². The zero-order valence-electron chi connectivity index (χ0n) is 27.6. The Morgan fingerprint density at radius 2 is 1.07 bits per heavy atom. The summed E-state index contributed by atoms with van der Waals surface area (Å²) in [5.41, 5.74) is 2.50. The molecule has 2 aromatic rings. The van der Waals surface area contributed by atoms with Crippen molar-refractivity contribution in [1.82, 2.24) is 0 Å². The molecule has 1 saturated heterocycles. The smallest absolute Gasteiger partial charge is 0.632 e. The summed E-state index contributed by atoms with van der Waals surface area (Å²) in [5, 5.41) is 0. The molecule has 0 bridgehead atoms. The Hall–Kier alpha value is -0.630. The molecule has 3 rings (SSSR count). The first-order valence-electron chi connectivity index (χ1n) is 17.0. The molecule has 1 aliphatic rings. The zero-order valence-corrected chi connectivity index (χ0v) is 28.7. The average Bonchev–Trinajstić information content (AvgIpc) is 3.41. The van der Waals surface area contributed by atoms with Crippen molar-refractivity contribution in [3.63, 3.8) is 0 Å². The van der Waals surface area contributed by atoms with Crippen LogP contribution in [0.1, 0.15) is 121 Å². The van der Waals surface area contributed by atoms with Gasteiger partial charge in [-0.1, -0.05) is 132 Å². The molecule has 2 aromatic carbocycles. The molecule has 5 nitrogen and oxygen atoms in total. The van der Waals surface area contributed by atoms with Gasteiger partial charge in [0.25, 0.3) is 0 Å². The van der Waals surface area contributed by atoms with Crippen molar-refractivity contribution in [2.75, 3.05) is 13.2 Å². The Labute approximate surface area is 280 Å². The van der Waals surface area contributed by atoms with Gasteiger partial charge in [0.1, 0.15) is 0 Å². The molecule has 7 heteroatoms. The van der Waals surface area contributed by atoms with E-state index >= 15 is 0 Å². The van der Waals surface area contributed by atoms with E-state index in [1.54, 1.807) is 0 Å². The molecule has 0 N–H and O–H groups in total. The minimum absolute atomic E-state index is 0. The topological polar surface area (TPSA) is 46.2 Å². The maximum Gasteiger partial charge on any atom is 1.00 e. The third-order valence-electron chi connectivity index (χ3n) is 8.13. The quantitative estimate of drug-likeness (QED) is 0.0962. The molecular formula is C36H57AlLiO5. The molecule has 3 atom stereocenters. The second-order valence-corrected chi connectivity index (χ2v) is 13.2. The third kappa shape index (κ3) is 17.6. The summed E-state index contributed by atoms with van der Waals surface area (Å²) in [6.07, 6.45) is 18.3.